The Balaban J connectivity index is 1.55. The van der Waals surface area contributed by atoms with Crippen molar-refractivity contribution in [3.63, 3.8) is 0 Å². The molecule has 0 aliphatic carbocycles. The molecule has 1 saturated heterocycles. The summed E-state index contributed by atoms with van der Waals surface area (Å²) in [5, 5.41) is 5.98. The predicted octanol–water partition coefficient (Wildman–Crippen LogP) is 2.80. The summed E-state index contributed by atoms with van der Waals surface area (Å²) in [5.41, 5.74) is 2.01. The molecule has 3 amide bonds. The molecule has 2 aliphatic rings. The van der Waals surface area contributed by atoms with Crippen LogP contribution in [0.5, 0.6) is 0 Å². The van der Waals surface area contributed by atoms with E-state index in [1.165, 1.54) is 6.08 Å². The maximum absolute atomic E-state index is 13.7. The predicted molar refractivity (Wildman–Crippen MR) is 119 cm³/mol. The number of fused-ring (bicyclic) bond motifs is 1. The van der Waals surface area contributed by atoms with E-state index < -0.39 is 11.5 Å². The second-order valence-electron chi connectivity index (χ2n) is 8.19. The number of carbonyl (C=O) groups is 3. The summed E-state index contributed by atoms with van der Waals surface area (Å²) in [4.78, 5) is 40.2. The third-order valence-electron chi connectivity index (χ3n) is 6.46. The van der Waals surface area contributed by atoms with Crippen molar-refractivity contribution in [3.8, 4) is 0 Å². The Bertz CT molecular complexity index is 994. The number of anilines is 1. The van der Waals surface area contributed by atoms with Gasteiger partial charge in [-0.1, -0.05) is 55.1 Å². The van der Waals surface area contributed by atoms with Crippen molar-refractivity contribution in [2.75, 3.05) is 18.4 Å². The summed E-state index contributed by atoms with van der Waals surface area (Å²) in [5.74, 6) is -0.473. The Morgan fingerprint density at radius 1 is 1.06 bits per heavy atom. The van der Waals surface area contributed by atoms with Gasteiger partial charge in [-0.25, -0.2) is 0 Å². The Morgan fingerprint density at radius 2 is 1.74 bits per heavy atom. The maximum Gasteiger partial charge on any atom is 0.246 e. The molecule has 2 heterocycles. The molecule has 1 unspecified atom stereocenters. The number of nitrogens with one attached hydrogen (secondary N) is 2. The molecule has 0 aromatic heterocycles. The van der Waals surface area contributed by atoms with Gasteiger partial charge in [0.15, 0.2) is 0 Å². The van der Waals surface area contributed by atoms with Gasteiger partial charge in [-0.2, -0.15) is 0 Å². The molecule has 2 aliphatic heterocycles. The minimum atomic E-state index is -0.779. The molecule has 0 spiro atoms. The van der Waals surface area contributed by atoms with E-state index in [0.717, 1.165) is 16.8 Å². The van der Waals surface area contributed by atoms with Gasteiger partial charge in [0, 0.05) is 18.8 Å². The van der Waals surface area contributed by atoms with E-state index in [-0.39, 0.29) is 17.7 Å². The zero-order chi connectivity index (χ0) is 21.8. The minimum absolute atomic E-state index is 0.122. The average Bonchev–Trinajstić information content (AvgIpc) is 2.97. The molecule has 0 saturated carbocycles. The van der Waals surface area contributed by atoms with E-state index in [9.17, 15) is 14.4 Å². The number of piperidine rings is 1. The van der Waals surface area contributed by atoms with E-state index in [0.29, 0.717) is 38.8 Å². The molecule has 2 aromatic carbocycles. The molecule has 1 fully saturated rings. The zero-order valence-electron chi connectivity index (χ0n) is 17.5. The number of aryl methyl sites for hydroxylation is 1. The fourth-order valence-electron chi connectivity index (χ4n) is 4.59. The Kier molecular flexibility index (Phi) is 5.89. The van der Waals surface area contributed by atoms with Gasteiger partial charge in [0.1, 0.15) is 6.04 Å². The molecular formula is C25H27N3O3. The summed E-state index contributed by atoms with van der Waals surface area (Å²) in [6.45, 7) is 4.50. The Hall–Kier alpha value is -3.41. The van der Waals surface area contributed by atoms with Crippen molar-refractivity contribution in [2.45, 2.75) is 37.1 Å². The van der Waals surface area contributed by atoms with Gasteiger partial charge < -0.3 is 15.5 Å². The Labute approximate surface area is 182 Å². The molecule has 1 atom stereocenters. The van der Waals surface area contributed by atoms with Crippen LogP contribution < -0.4 is 10.6 Å². The number of nitrogens with zero attached hydrogens (tertiary/aromatic N) is 1. The van der Waals surface area contributed by atoms with Crippen LogP contribution in [0.3, 0.4) is 0 Å². The lowest BCUT2D eigenvalue weighted by molar-refractivity contribution is -0.135. The highest BCUT2D eigenvalue weighted by molar-refractivity contribution is 6.00. The first-order valence-corrected chi connectivity index (χ1v) is 10.7. The SMILES string of the molecule is C=CC(=O)N1CCC(C(=O)NC2CCc3ccccc3NC2=O)(c2ccccc2)CC1. The molecular weight excluding hydrogens is 390 g/mol. The first-order valence-electron chi connectivity index (χ1n) is 10.7. The number of para-hydroxylation sites is 1. The number of likely N-dealkylation sites (tertiary alicyclic amines) is 1. The van der Waals surface area contributed by atoms with E-state index >= 15 is 0 Å². The van der Waals surface area contributed by atoms with Crippen molar-refractivity contribution in [1.82, 2.24) is 10.2 Å². The molecule has 0 bridgehead atoms. The smallest absolute Gasteiger partial charge is 0.246 e. The summed E-state index contributed by atoms with van der Waals surface area (Å²) in [7, 11) is 0. The fourth-order valence-corrected chi connectivity index (χ4v) is 4.59. The quantitative estimate of drug-likeness (QED) is 0.751. The largest absolute Gasteiger partial charge is 0.344 e. The molecule has 4 rings (SSSR count). The highest BCUT2D eigenvalue weighted by Crippen LogP contribution is 2.36. The average molecular weight is 418 g/mol. The first kappa shape index (κ1) is 20.8. The van der Waals surface area contributed by atoms with E-state index in [2.05, 4.69) is 17.2 Å². The highest BCUT2D eigenvalue weighted by atomic mass is 16.2. The van der Waals surface area contributed by atoms with Crippen LogP contribution in [0.1, 0.15) is 30.4 Å². The highest BCUT2D eigenvalue weighted by Gasteiger charge is 2.44. The van der Waals surface area contributed by atoms with Crippen LogP contribution in [0.25, 0.3) is 0 Å². The number of benzene rings is 2. The van der Waals surface area contributed by atoms with Gasteiger partial charge in [0.05, 0.1) is 5.41 Å². The van der Waals surface area contributed by atoms with Gasteiger partial charge >= 0.3 is 0 Å². The fraction of sp³-hybridized carbons (Fsp3) is 0.320. The lowest BCUT2D eigenvalue weighted by atomic mass is 9.71. The van der Waals surface area contributed by atoms with E-state index in [1.54, 1.807) is 4.90 Å². The molecule has 160 valence electrons. The van der Waals surface area contributed by atoms with Crippen molar-refractivity contribution in [1.29, 1.82) is 0 Å². The molecule has 6 heteroatoms. The van der Waals surface area contributed by atoms with Gasteiger partial charge in [-0.3, -0.25) is 14.4 Å². The summed E-state index contributed by atoms with van der Waals surface area (Å²) >= 11 is 0. The summed E-state index contributed by atoms with van der Waals surface area (Å²) in [6, 6.07) is 16.8. The number of hydrogen-bond acceptors (Lipinski definition) is 3. The second kappa shape index (κ2) is 8.76. The first-order chi connectivity index (χ1) is 15.0. The topological polar surface area (TPSA) is 78.5 Å². The van der Waals surface area contributed by atoms with E-state index in [1.807, 2.05) is 54.6 Å². The molecule has 6 nitrogen and oxygen atoms in total. The third kappa shape index (κ3) is 4.10. The van der Waals surface area contributed by atoms with Gasteiger partial charge in [0.25, 0.3) is 0 Å². The van der Waals surface area contributed by atoms with Crippen LogP contribution >= 0.6 is 0 Å². The number of carbonyl (C=O) groups excluding carboxylic acids is 3. The third-order valence-corrected chi connectivity index (χ3v) is 6.46. The molecule has 2 N–H and O–H groups in total. The van der Waals surface area contributed by atoms with Crippen LogP contribution in [-0.4, -0.2) is 41.8 Å². The van der Waals surface area contributed by atoms with Crippen LogP contribution in [0.4, 0.5) is 5.69 Å². The minimum Gasteiger partial charge on any atom is -0.344 e. The van der Waals surface area contributed by atoms with Gasteiger partial charge in [-0.15, -0.1) is 0 Å². The molecule has 2 aromatic rings. The number of rotatable bonds is 4. The van der Waals surface area contributed by atoms with Crippen LogP contribution in [0.15, 0.2) is 67.3 Å². The molecule has 0 radical (unpaired) electrons. The van der Waals surface area contributed by atoms with Crippen molar-refractivity contribution >= 4 is 23.4 Å². The second-order valence-corrected chi connectivity index (χ2v) is 8.19. The summed E-state index contributed by atoms with van der Waals surface area (Å²) < 4.78 is 0. The number of amides is 3. The maximum atomic E-state index is 13.7. The Morgan fingerprint density at radius 3 is 2.45 bits per heavy atom. The summed E-state index contributed by atoms with van der Waals surface area (Å²) in [6.07, 6.45) is 3.55. The van der Waals surface area contributed by atoms with E-state index in [4.69, 9.17) is 0 Å². The van der Waals surface area contributed by atoms with Gasteiger partial charge in [-0.05, 0) is 49.0 Å². The van der Waals surface area contributed by atoms with Crippen LogP contribution in [0, 0.1) is 0 Å². The monoisotopic (exact) mass is 417 g/mol. The van der Waals surface area contributed by atoms with Crippen molar-refractivity contribution in [3.05, 3.63) is 78.4 Å². The van der Waals surface area contributed by atoms with Gasteiger partial charge in [0.2, 0.25) is 17.7 Å². The van der Waals surface area contributed by atoms with Crippen LogP contribution in [0.2, 0.25) is 0 Å². The van der Waals surface area contributed by atoms with Crippen molar-refractivity contribution < 1.29 is 14.4 Å². The normalized spacial score (nSPS) is 20.1. The lowest BCUT2D eigenvalue weighted by Gasteiger charge is -2.41. The van der Waals surface area contributed by atoms with Crippen molar-refractivity contribution in [2.24, 2.45) is 0 Å². The standard InChI is InChI=1S/C25H27N3O3/c1-2-22(29)28-16-14-25(15-17-28,19-9-4-3-5-10-19)24(31)27-21-13-12-18-8-6-7-11-20(18)26-23(21)30/h2-11,21H,1,12-17H2,(H,26,30)(H,27,31). The van der Waals surface area contributed by atoms with Crippen LogP contribution in [-0.2, 0) is 26.2 Å². The molecule has 31 heavy (non-hydrogen) atoms. The zero-order valence-corrected chi connectivity index (χ0v) is 17.5. The number of hydrogen-bond donors (Lipinski definition) is 2. The lowest BCUT2D eigenvalue weighted by Crippen LogP contribution is -2.56.